The second-order valence-corrected chi connectivity index (χ2v) is 4.85. The van der Waals surface area contributed by atoms with Gasteiger partial charge in [-0.05, 0) is 25.7 Å². The van der Waals surface area contributed by atoms with Crippen LogP contribution in [-0.4, -0.2) is 0 Å². The van der Waals surface area contributed by atoms with Crippen LogP contribution >= 0.6 is 0 Å². The Morgan fingerprint density at radius 3 is 1.73 bits per heavy atom. The molecule has 1 heteroatoms. The van der Waals surface area contributed by atoms with E-state index in [1.165, 1.54) is 70.6 Å². The van der Waals surface area contributed by atoms with Gasteiger partial charge in [0.25, 0.3) is 0 Å². The molecule has 15 heavy (non-hydrogen) atoms. The monoisotopic (exact) mass is 209 g/mol. The fourth-order valence-electron chi connectivity index (χ4n) is 2.28. The third-order valence-corrected chi connectivity index (χ3v) is 3.33. The maximum absolute atomic E-state index is 5.95. The lowest BCUT2D eigenvalue weighted by Gasteiger charge is -2.05. The van der Waals surface area contributed by atoms with E-state index >= 15 is 0 Å². The lowest BCUT2D eigenvalue weighted by Crippen LogP contribution is -1.97. The summed E-state index contributed by atoms with van der Waals surface area (Å²) in [7, 11) is 0. The fraction of sp³-hybridized carbons (Fsp3) is 0.857. The average Bonchev–Trinajstić information content (AvgIpc) is 2.24. The van der Waals surface area contributed by atoms with Gasteiger partial charge in [0.2, 0.25) is 0 Å². The van der Waals surface area contributed by atoms with Crippen molar-refractivity contribution in [1.29, 1.82) is 0 Å². The topological polar surface area (TPSA) is 26.0 Å². The molecule has 0 spiro atoms. The zero-order chi connectivity index (χ0) is 10.8. The number of nitrogens with two attached hydrogens (primary N) is 1. The van der Waals surface area contributed by atoms with Crippen molar-refractivity contribution in [3.05, 3.63) is 11.8 Å². The Morgan fingerprint density at radius 2 is 1.13 bits per heavy atom. The molecule has 1 aliphatic carbocycles. The highest BCUT2D eigenvalue weighted by Crippen LogP contribution is 2.14. The van der Waals surface area contributed by atoms with E-state index in [1.54, 1.807) is 0 Å². The van der Waals surface area contributed by atoms with Crippen molar-refractivity contribution in [1.82, 2.24) is 0 Å². The Hall–Kier alpha value is -0.460. The molecule has 0 radical (unpaired) electrons. The van der Waals surface area contributed by atoms with Crippen molar-refractivity contribution in [3.8, 4) is 0 Å². The van der Waals surface area contributed by atoms with Gasteiger partial charge in [-0.1, -0.05) is 57.4 Å². The van der Waals surface area contributed by atoms with E-state index in [1.807, 2.05) is 0 Å². The van der Waals surface area contributed by atoms with Gasteiger partial charge in [-0.2, -0.15) is 0 Å². The molecule has 1 aliphatic rings. The second-order valence-electron chi connectivity index (χ2n) is 4.85. The molecule has 2 N–H and O–H groups in total. The third kappa shape index (κ3) is 7.47. The van der Waals surface area contributed by atoms with Crippen molar-refractivity contribution in [2.24, 2.45) is 5.73 Å². The van der Waals surface area contributed by atoms with Crippen molar-refractivity contribution >= 4 is 0 Å². The maximum Gasteiger partial charge on any atom is 0.00399 e. The first-order chi connectivity index (χ1) is 7.39. The molecule has 0 saturated carbocycles. The molecular formula is C14H27N. The van der Waals surface area contributed by atoms with E-state index < -0.39 is 0 Å². The van der Waals surface area contributed by atoms with Gasteiger partial charge in [-0.3, -0.25) is 0 Å². The van der Waals surface area contributed by atoms with Crippen molar-refractivity contribution in [2.75, 3.05) is 0 Å². The normalized spacial score (nSPS) is 22.8. The molecule has 0 aliphatic heterocycles. The molecule has 0 aromatic carbocycles. The van der Waals surface area contributed by atoms with Gasteiger partial charge in [0.15, 0.2) is 0 Å². The van der Waals surface area contributed by atoms with Crippen LogP contribution in [0.5, 0.6) is 0 Å². The molecule has 1 nitrogen and oxygen atoms in total. The molecule has 0 aromatic heterocycles. The summed E-state index contributed by atoms with van der Waals surface area (Å²) < 4.78 is 0. The molecule has 0 atom stereocenters. The zero-order valence-corrected chi connectivity index (χ0v) is 10.1. The largest absolute Gasteiger partial charge is 0.402 e. The Kier molecular flexibility index (Phi) is 7.41. The molecule has 0 bridgehead atoms. The van der Waals surface area contributed by atoms with Gasteiger partial charge in [-0.25, -0.2) is 0 Å². The van der Waals surface area contributed by atoms with Crippen LogP contribution < -0.4 is 5.73 Å². The van der Waals surface area contributed by atoms with Crippen LogP contribution in [0.25, 0.3) is 0 Å². The number of allylic oxidation sites excluding steroid dienone is 2. The Morgan fingerprint density at radius 1 is 0.667 bits per heavy atom. The molecule has 88 valence electrons. The SMILES string of the molecule is NC1=CCCCCCCCCCCCC1. The second kappa shape index (κ2) is 8.82. The minimum Gasteiger partial charge on any atom is -0.402 e. The van der Waals surface area contributed by atoms with E-state index in [4.69, 9.17) is 5.73 Å². The molecule has 0 amide bonds. The average molecular weight is 209 g/mol. The van der Waals surface area contributed by atoms with Gasteiger partial charge in [0, 0.05) is 5.70 Å². The Labute approximate surface area is 95.1 Å². The van der Waals surface area contributed by atoms with Crippen LogP contribution in [-0.2, 0) is 0 Å². The molecule has 0 heterocycles. The van der Waals surface area contributed by atoms with Crippen LogP contribution in [0.2, 0.25) is 0 Å². The lowest BCUT2D eigenvalue weighted by molar-refractivity contribution is 0.547. The van der Waals surface area contributed by atoms with E-state index in [9.17, 15) is 0 Å². The standard InChI is InChI=1S/C14H27N/c15-14-12-10-8-6-4-2-1-3-5-7-9-11-13-14/h12H,1-11,13,15H2. The van der Waals surface area contributed by atoms with Crippen LogP contribution in [0.4, 0.5) is 0 Å². The van der Waals surface area contributed by atoms with Crippen LogP contribution in [0.15, 0.2) is 11.8 Å². The summed E-state index contributed by atoms with van der Waals surface area (Å²) in [6.45, 7) is 0. The van der Waals surface area contributed by atoms with E-state index in [0.29, 0.717) is 0 Å². The molecular weight excluding hydrogens is 182 g/mol. The van der Waals surface area contributed by atoms with Gasteiger partial charge >= 0.3 is 0 Å². The first-order valence-electron chi connectivity index (χ1n) is 6.84. The molecule has 1 rings (SSSR count). The van der Waals surface area contributed by atoms with Crippen LogP contribution in [0.3, 0.4) is 0 Å². The predicted molar refractivity (Wildman–Crippen MR) is 67.7 cm³/mol. The fourth-order valence-corrected chi connectivity index (χ4v) is 2.28. The summed E-state index contributed by atoms with van der Waals surface area (Å²) in [5, 5.41) is 0. The summed E-state index contributed by atoms with van der Waals surface area (Å²) in [5.41, 5.74) is 7.08. The lowest BCUT2D eigenvalue weighted by atomic mass is 10.0. The Bertz CT molecular complexity index is 172. The molecule has 0 unspecified atom stereocenters. The first-order valence-corrected chi connectivity index (χ1v) is 6.84. The predicted octanol–water partition coefficient (Wildman–Crippen LogP) is 4.52. The molecule has 0 aromatic rings. The minimum atomic E-state index is 1.12. The summed E-state index contributed by atoms with van der Waals surface area (Å²) in [5.74, 6) is 0. The first kappa shape index (κ1) is 12.6. The highest BCUT2D eigenvalue weighted by molar-refractivity contribution is 4.95. The summed E-state index contributed by atoms with van der Waals surface area (Å²) >= 11 is 0. The zero-order valence-electron chi connectivity index (χ0n) is 10.1. The van der Waals surface area contributed by atoms with Gasteiger partial charge < -0.3 is 5.73 Å². The maximum atomic E-state index is 5.95. The summed E-state index contributed by atoms with van der Waals surface area (Å²) in [6, 6.07) is 0. The van der Waals surface area contributed by atoms with Crippen molar-refractivity contribution < 1.29 is 0 Å². The molecule has 0 fully saturated rings. The van der Waals surface area contributed by atoms with E-state index in [-0.39, 0.29) is 0 Å². The Balaban J connectivity index is 2.20. The summed E-state index contributed by atoms with van der Waals surface area (Å²) in [4.78, 5) is 0. The smallest absolute Gasteiger partial charge is 0.00399 e. The highest BCUT2D eigenvalue weighted by Gasteiger charge is 1.96. The van der Waals surface area contributed by atoms with Gasteiger partial charge in [0.1, 0.15) is 0 Å². The minimum absolute atomic E-state index is 1.12. The number of hydrogen-bond donors (Lipinski definition) is 1. The van der Waals surface area contributed by atoms with Gasteiger partial charge in [-0.15, -0.1) is 0 Å². The number of hydrogen-bond acceptors (Lipinski definition) is 1. The van der Waals surface area contributed by atoms with Crippen molar-refractivity contribution in [3.63, 3.8) is 0 Å². The highest BCUT2D eigenvalue weighted by atomic mass is 14.6. The van der Waals surface area contributed by atoms with E-state index in [2.05, 4.69) is 6.08 Å². The van der Waals surface area contributed by atoms with Crippen LogP contribution in [0.1, 0.15) is 77.0 Å². The quantitative estimate of drug-likeness (QED) is 0.623. The van der Waals surface area contributed by atoms with Crippen LogP contribution in [0, 0.1) is 0 Å². The van der Waals surface area contributed by atoms with Crippen molar-refractivity contribution in [2.45, 2.75) is 77.0 Å². The summed E-state index contributed by atoms with van der Waals surface area (Å²) in [6.07, 6.45) is 18.6. The van der Waals surface area contributed by atoms with Gasteiger partial charge in [0.05, 0.1) is 0 Å². The van der Waals surface area contributed by atoms with E-state index in [0.717, 1.165) is 12.1 Å². The third-order valence-electron chi connectivity index (χ3n) is 3.33. The molecule has 0 saturated heterocycles. The number of rotatable bonds is 0.